The second-order valence-electron chi connectivity index (χ2n) is 8.70. The molecule has 0 aliphatic carbocycles. The Morgan fingerprint density at radius 3 is 2.58 bits per heavy atom. The summed E-state index contributed by atoms with van der Waals surface area (Å²) in [6.45, 7) is 6.85. The molecule has 166 valence electrons. The van der Waals surface area contributed by atoms with E-state index in [0.717, 1.165) is 62.3 Å². The van der Waals surface area contributed by atoms with Crippen LogP contribution in [0.2, 0.25) is 0 Å². The van der Waals surface area contributed by atoms with Crippen molar-refractivity contribution in [2.24, 2.45) is 15.9 Å². The number of pyridine rings is 1. The van der Waals surface area contributed by atoms with Crippen molar-refractivity contribution in [3.8, 4) is 0 Å². The minimum absolute atomic E-state index is 0.0179. The van der Waals surface area contributed by atoms with Gasteiger partial charge in [-0.3, -0.25) is 5.01 Å². The SMILES string of the molecule is CN1CCN(c2ccc(NC3=NCC4C=C(CO)N(N5CCCCC5)C4=N3)nc2)CC1. The lowest BCUT2D eigenvalue weighted by Gasteiger charge is -2.38. The first-order valence-electron chi connectivity index (χ1n) is 11.4. The van der Waals surface area contributed by atoms with Crippen LogP contribution in [0.3, 0.4) is 0 Å². The minimum atomic E-state index is 0.0179. The normalized spacial score (nSPS) is 25.1. The molecule has 4 aliphatic rings. The monoisotopic (exact) mass is 424 g/mol. The molecule has 0 aromatic carbocycles. The Bertz CT molecular complexity index is 866. The van der Waals surface area contributed by atoms with Crippen LogP contribution in [0.15, 0.2) is 40.1 Å². The van der Waals surface area contributed by atoms with Gasteiger partial charge in [-0.05, 0) is 38.1 Å². The van der Waals surface area contributed by atoms with Crippen LogP contribution < -0.4 is 10.2 Å². The van der Waals surface area contributed by atoms with Gasteiger partial charge in [-0.15, -0.1) is 0 Å². The predicted octanol–water partition coefficient (Wildman–Crippen LogP) is 1.22. The van der Waals surface area contributed by atoms with Gasteiger partial charge in [-0.2, -0.15) is 4.99 Å². The molecule has 2 saturated heterocycles. The van der Waals surface area contributed by atoms with E-state index in [1.165, 1.54) is 19.3 Å². The summed E-state index contributed by atoms with van der Waals surface area (Å²) in [7, 11) is 2.16. The highest BCUT2D eigenvalue weighted by Crippen LogP contribution is 2.29. The van der Waals surface area contributed by atoms with Crippen molar-refractivity contribution >= 4 is 23.3 Å². The fourth-order valence-electron chi connectivity index (χ4n) is 4.69. The van der Waals surface area contributed by atoms with Crippen molar-refractivity contribution in [1.29, 1.82) is 0 Å². The van der Waals surface area contributed by atoms with E-state index in [0.29, 0.717) is 12.5 Å². The van der Waals surface area contributed by atoms with Crippen molar-refractivity contribution in [1.82, 2.24) is 19.9 Å². The first kappa shape index (κ1) is 20.4. The summed E-state index contributed by atoms with van der Waals surface area (Å²) in [5.41, 5.74) is 2.07. The smallest absolute Gasteiger partial charge is 0.225 e. The Balaban J connectivity index is 1.28. The van der Waals surface area contributed by atoms with Gasteiger partial charge in [0.05, 0.1) is 36.7 Å². The first-order chi connectivity index (χ1) is 15.2. The van der Waals surface area contributed by atoms with Gasteiger partial charge in [0.1, 0.15) is 11.7 Å². The van der Waals surface area contributed by atoms with E-state index in [1.54, 1.807) is 0 Å². The number of aliphatic hydroxyl groups excluding tert-OH is 1. The largest absolute Gasteiger partial charge is 0.390 e. The van der Waals surface area contributed by atoms with Gasteiger partial charge in [0, 0.05) is 39.3 Å². The number of piperazine rings is 1. The summed E-state index contributed by atoms with van der Waals surface area (Å²) < 4.78 is 0. The molecule has 1 aromatic heterocycles. The number of rotatable bonds is 4. The predicted molar refractivity (Wildman–Crippen MR) is 123 cm³/mol. The molecule has 9 heteroatoms. The summed E-state index contributed by atoms with van der Waals surface area (Å²) in [5, 5.41) is 17.6. The second kappa shape index (κ2) is 8.94. The Labute approximate surface area is 183 Å². The van der Waals surface area contributed by atoms with E-state index >= 15 is 0 Å². The quantitative estimate of drug-likeness (QED) is 0.752. The second-order valence-corrected chi connectivity index (χ2v) is 8.70. The third kappa shape index (κ3) is 4.30. The molecule has 9 nitrogen and oxygen atoms in total. The van der Waals surface area contributed by atoms with Crippen molar-refractivity contribution in [3.63, 3.8) is 0 Å². The molecule has 5 heterocycles. The lowest BCUT2D eigenvalue weighted by Crippen LogP contribution is -2.49. The van der Waals surface area contributed by atoms with E-state index in [-0.39, 0.29) is 12.5 Å². The number of hydrazine groups is 1. The number of hydrogen-bond donors (Lipinski definition) is 2. The molecule has 0 saturated carbocycles. The van der Waals surface area contributed by atoms with Gasteiger partial charge in [0.15, 0.2) is 0 Å². The van der Waals surface area contributed by atoms with Crippen LogP contribution in [0.1, 0.15) is 19.3 Å². The molecule has 0 bridgehead atoms. The number of fused-ring (bicyclic) bond motifs is 1. The van der Waals surface area contributed by atoms with E-state index in [2.05, 4.69) is 54.3 Å². The number of amidine groups is 1. The maximum atomic E-state index is 9.90. The lowest BCUT2D eigenvalue weighted by atomic mass is 10.1. The molecule has 1 atom stereocenters. The topological polar surface area (TPSA) is 82.8 Å². The third-order valence-corrected chi connectivity index (χ3v) is 6.51. The van der Waals surface area contributed by atoms with Crippen LogP contribution in [-0.2, 0) is 0 Å². The number of aliphatic imine (C=N–C) groups is 2. The van der Waals surface area contributed by atoms with Crippen LogP contribution in [0.4, 0.5) is 11.5 Å². The fourth-order valence-corrected chi connectivity index (χ4v) is 4.69. The van der Waals surface area contributed by atoms with E-state index < -0.39 is 0 Å². The van der Waals surface area contributed by atoms with E-state index in [9.17, 15) is 5.11 Å². The van der Waals surface area contributed by atoms with Gasteiger partial charge in [0.2, 0.25) is 5.96 Å². The highest BCUT2D eigenvalue weighted by atomic mass is 16.3. The molecule has 1 unspecified atom stereocenters. The summed E-state index contributed by atoms with van der Waals surface area (Å²) in [6.07, 6.45) is 7.65. The zero-order valence-electron chi connectivity index (χ0n) is 18.2. The van der Waals surface area contributed by atoms with Gasteiger partial charge >= 0.3 is 0 Å². The molecule has 0 amide bonds. The standard InChI is InChI=1S/C22H32N8O/c1-27-9-11-28(12-10-27)18-5-6-20(23-15-18)25-22-24-14-17-13-19(16-31)30(21(17)26-22)29-7-3-2-4-8-29/h5-6,13,15,17,31H,2-4,7-12,14,16H2,1H3,(H,23,24,25). The van der Waals surface area contributed by atoms with Gasteiger partial charge in [-0.25, -0.2) is 15.0 Å². The number of guanidine groups is 1. The maximum Gasteiger partial charge on any atom is 0.225 e. The number of aromatic nitrogens is 1. The molecule has 31 heavy (non-hydrogen) atoms. The van der Waals surface area contributed by atoms with Crippen LogP contribution in [0.25, 0.3) is 0 Å². The number of likely N-dealkylation sites (N-methyl/N-ethyl adjacent to an activating group) is 1. The molecular weight excluding hydrogens is 392 g/mol. The first-order valence-corrected chi connectivity index (χ1v) is 11.4. The Morgan fingerprint density at radius 2 is 1.87 bits per heavy atom. The Kier molecular flexibility index (Phi) is 5.89. The lowest BCUT2D eigenvalue weighted by molar-refractivity contribution is 0.0461. The number of anilines is 2. The average molecular weight is 425 g/mol. The van der Waals surface area contributed by atoms with E-state index in [1.807, 2.05) is 12.3 Å². The molecule has 0 spiro atoms. The highest BCUT2D eigenvalue weighted by molar-refractivity contribution is 6.06. The van der Waals surface area contributed by atoms with Crippen molar-refractivity contribution in [2.45, 2.75) is 19.3 Å². The summed E-state index contributed by atoms with van der Waals surface area (Å²) >= 11 is 0. The summed E-state index contributed by atoms with van der Waals surface area (Å²) in [6, 6.07) is 4.11. The number of piperidine rings is 1. The molecule has 1 aromatic rings. The molecule has 5 rings (SSSR count). The zero-order valence-corrected chi connectivity index (χ0v) is 18.2. The molecule has 2 N–H and O–H groups in total. The maximum absolute atomic E-state index is 9.90. The number of nitrogens with zero attached hydrogens (tertiary/aromatic N) is 7. The minimum Gasteiger partial charge on any atom is -0.390 e. The summed E-state index contributed by atoms with van der Waals surface area (Å²) in [5.74, 6) is 2.41. The third-order valence-electron chi connectivity index (χ3n) is 6.51. The zero-order chi connectivity index (χ0) is 21.2. The van der Waals surface area contributed by atoms with Crippen molar-refractivity contribution in [3.05, 3.63) is 30.1 Å². The van der Waals surface area contributed by atoms with Crippen LogP contribution in [-0.4, -0.2) is 96.3 Å². The highest BCUT2D eigenvalue weighted by Gasteiger charge is 2.36. The van der Waals surface area contributed by atoms with E-state index in [4.69, 9.17) is 4.99 Å². The van der Waals surface area contributed by atoms with Gasteiger partial charge in [0.25, 0.3) is 0 Å². The van der Waals surface area contributed by atoms with Gasteiger partial charge < -0.3 is 20.2 Å². The number of hydrogen-bond acceptors (Lipinski definition) is 9. The Morgan fingerprint density at radius 1 is 1.06 bits per heavy atom. The Hall–Kier alpha value is -2.49. The summed E-state index contributed by atoms with van der Waals surface area (Å²) in [4.78, 5) is 18.8. The van der Waals surface area contributed by atoms with Crippen molar-refractivity contribution in [2.75, 3.05) is 69.7 Å². The van der Waals surface area contributed by atoms with Gasteiger partial charge in [-0.1, -0.05) is 6.42 Å². The van der Waals surface area contributed by atoms with Crippen LogP contribution in [0.5, 0.6) is 0 Å². The fraction of sp³-hybridized carbons (Fsp3) is 0.591. The molecule has 4 aliphatic heterocycles. The molecule has 0 radical (unpaired) electrons. The van der Waals surface area contributed by atoms with Crippen molar-refractivity contribution < 1.29 is 5.11 Å². The molecular formula is C22H32N8O. The number of aliphatic hydroxyl groups is 1. The van der Waals surface area contributed by atoms with Crippen LogP contribution >= 0.6 is 0 Å². The van der Waals surface area contributed by atoms with Crippen LogP contribution in [0, 0.1) is 5.92 Å². The average Bonchev–Trinajstić information content (AvgIpc) is 3.19. The number of nitrogens with one attached hydrogen (secondary N) is 1. The molecule has 2 fully saturated rings.